The molecule has 8 heteroatoms. The highest BCUT2D eigenvalue weighted by Crippen LogP contribution is 2.40. The van der Waals surface area contributed by atoms with E-state index in [-0.39, 0.29) is 24.6 Å². The van der Waals surface area contributed by atoms with Crippen molar-refractivity contribution in [2.24, 2.45) is 0 Å². The van der Waals surface area contributed by atoms with Crippen molar-refractivity contribution < 1.29 is 28.2 Å². The van der Waals surface area contributed by atoms with Crippen molar-refractivity contribution in [3.63, 3.8) is 0 Å². The van der Waals surface area contributed by atoms with E-state index in [2.05, 4.69) is 4.98 Å². The van der Waals surface area contributed by atoms with Crippen LogP contribution in [-0.2, 0) is 24.4 Å². The van der Waals surface area contributed by atoms with Crippen molar-refractivity contribution in [1.29, 1.82) is 0 Å². The van der Waals surface area contributed by atoms with Crippen LogP contribution in [0.3, 0.4) is 0 Å². The zero-order valence-corrected chi connectivity index (χ0v) is 18.7. The number of rotatable bonds is 6. The maximum atomic E-state index is 13.6. The SMILES string of the molecule is COc1ccc2c(c1OCc1ccc(C)cc1)C[C@@H](C(=O)O)N(c1nc3ccc(F)cc3o1)C2. The molecule has 3 aromatic carbocycles. The first-order valence-electron chi connectivity index (χ1n) is 10.9. The summed E-state index contributed by atoms with van der Waals surface area (Å²) in [5.74, 6) is -0.394. The Morgan fingerprint density at radius 3 is 2.74 bits per heavy atom. The van der Waals surface area contributed by atoms with Crippen molar-refractivity contribution in [2.45, 2.75) is 32.5 Å². The second-order valence-corrected chi connectivity index (χ2v) is 8.30. The third kappa shape index (κ3) is 4.03. The summed E-state index contributed by atoms with van der Waals surface area (Å²) in [6.07, 6.45) is 0.165. The first-order chi connectivity index (χ1) is 16.4. The molecular weight excluding hydrogens is 439 g/mol. The monoisotopic (exact) mass is 462 g/mol. The van der Waals surface area contributed by atoms with E-state index in [1.165, 1.54) is 18.2 Å². The molecule has 5 rings (SSSR count). The minimum atomic E-state index is -1.02. The van der Waals surface area contributed by atoms with Crippen LogP contribution < -0.4 is 14.4 Å². The molecule has 7 nitrogen and oxygen atoms in total. The Morgan fingerprint density at radius 2 is 2.00 bits per heavy atom. The Morgan fingerprint density at radius 1 is 1.21 bits per heavy atom. The lowest BCUT2D eigenvalue weighted by molar-refractivity contribution is -0.138. The first kappa shape index (κ1) is 21.8. The van der Waals surface area contributed by atoms with E-state index in [1.54, 1.807) is 12.0 Å². The van der Waals surface area contributed by atoms with Gasteiger partial charge in [-0.25, -0.2) is 9.18 Å². The number of benzene rings is 3. The van der Waals surface area contributed by atoms with Crippen molar-refractivity contribution in [3.05, 3.63) is 82.7 Å². The molecule has 0 amide bonds. The van der Waals surface area contributed by atoms with Gasteiger partial charge in [-0.1, -0.05) is 35.9 Å². The summed E-state index contributed by atoms with van der Waals surface area (Å²) in [6, 6.07) is 14.9. The fourth-order valence-electron chi connectivity index (χ4n) is 4.21. The van der Waals surface area contributed by atoms with Crippen molar-refractivity contribution in [2.75, 3.05) is 12.0 Å². The number of methoxy groups -OCH3 is 1. The molecule has 34 heavy (non-hydrogen) atoms. The number of hydrogen-bond acceptors (Lipinski definition) is 6. The highest BCUT2D eigenvalue weighted by atomic mass is 19.1. The summed E-state index contributed by atoms with van der Waals surface area (Å²) in [6.45, 7) is 2.59. The molecule has 1 aliphatic rings. The molecule has 1 aromatic heterocycles. The Kier molecular flexibility index (Phi) is 5.57. The van der Waals surface area contributed by atoms with Gasteiger partial charge in [0.2, 0.25) is 0 Å². The number of hydrogen-bond donors (Lipinski definition) is 1. The molecule has 4 aromatic rings. The van der Waals surface area contributed by atoms with Crippen LogP contribution in [0.4, 0.5) is 10.4 Å². The summed E-state index contributed by atoms with van der Waals surface area (Å²) in [4.78, 5) is 18.2. The minimum Gasteiger partial charge on any atom is -0.493 e. The van der Waals surface area contributed by atoms with Gasteiger partial charge in [0.15, 0.2) is 17.1 Å². The van der Waals surface area contributed by atoms with Gasteiger partial charge in [0.1, 0.15) is 24.0 Å². The molecule has 0 saturated carbocycles. The molecule has 174 valence electrons. The maximum absolute atomic E-state index is 13.6. The van der Waals surface area contributed by atoms with Gasteiger partial charge in [-0.2, -0.15) is 4.98 Å². The number of ether oxygens (including phenoxy) is 2. The number of aryl methyl sites for hydroxylation is 1. The molecule has 1 N–H and O–H groups in total. The number of halogens is 1. The minimum absolute atomic E-state index is 0.136. The number of fused-ring (bicyclic) bond motifs is 2. The Hall–Kier alpha value is -4.07. The van der Waals surface area contributed by atoms with E-state index >= 15 is 0 Å². The Balaban J connectivity index is 1.50. The number of carbonyl (C=O) groups is 1. The predicted octanol–water partition coefficient (Wildman–Crippen LogP) is 4.88. The standard InChI is InChI=1S/C26H23FN2O5/c1-15-3-5-16(6-4-15)14-33-24-19-12-21(25(30)31)29(13-17(19)7-10-22(24)32-2)26-28-20-9-8-18(27)11-23(20)34-26/h3-11,21H,12-14H2,1-2H3,(H,30,31)/t21-/m0/s1. The molecule has 0 saturated heterocycles. The molecule has 0 fully saturated rings. The number of aliphatic carboxylic acids is 1. The van der Waals surface area contributed by atoms with E-state index in [4.69, 9.17) is 13.9 Å². The highest BCUT2D eigenvalue weighted by Gasteiger charge is 2.36. The zero-order valence-electron chi connectivity index (χ0n) is 18.7. The van der Waals surface area contributed by atoms with E-state index in [0.717, 1.165) is 22.3 Å². The number of carboxylic acids is 1. The quantitative estimate of drug-likeness (QED) is 0.437. The highest BCUT2D eigenvalue weighted by molar-refractivity contribution is 5.81. The van der Waals surface area contributed by atoms with E-state index in [1.807, 2.05) is 43.3 Å². The topological polar surface area (TPSA) is 85.0 Å². The van der Waals surface area contributed by atoms with Crippen LogP contribution in [0.5, 0.6) is 11.5 Å². The molecular formula is C26H23FN2O5. The molecule has 0 bridgehead atoms. The Bertz CT molecular complexity index is 1370. The molecule has 0 aliphatic carbocycles. The van der Waals surface area contributed by atoms with Crippen LogP contribution in [0, 0.1) is 12.7 Å². The molecule has 2 heterocycles. The van der Waals surface area contributed by atoms with E-state index < -0.39 is 17.8 Å². The van der Waals surface area contributed by atoms with E-state index in [0.29, 0.717) is 23.6 Å². The lowest BCUT2D eigenvalue weighted by Gasteiger charge is -2.34. The van der Waals surface area contributed by atoms with Crippen LogP contribution in [0.25, 0.3) is 11.1 Å². The lowest BCUT2D eigenvalue weighted by Crippen LogP contribution is -2.46. The number of nitrogens with zero attached hydrogens (tertiary/aromatic N) is 2. The van der Waals surface area contributed by atoms with Crippen molar-refractivity contribution >= 4 is 23.1 Å². The van der Waals surface area contributed by atoms with Crippen molar-refractivity contribution in [1.82, 2.24) is 4.98 Å². The average Bonchev–Trinajstić information content (AvgIpc) is 3.25. The van der Waals surface area contributed by atoms with Gasteiger partial charge in [0, 0.05) is 24.6 Å². The van der Waals surface area contributed by atoms with Gasteiger partial charge >= 0.3 is 5.97 Å². The summed E-state index contributed by atoms with van der Waals surface area (Å²) >= 11 is 0. The lowest BCUT2D eigenvalue weighted by atomic mass is 9.93. The van der Waals surface area contributed by atoms with Gasteiger partial charge < -0.3 is 23.9 Å². The Labute approximate surface area is 195 Å². The summed E-state index contributed by atoms with van der Waals surface area (Å²) in [5.41, 5.74) is 4.54. The van der Waals surface area contributed by atoms with Gasteiger partial charge in [0.05, 0.1) is 7.11 Å². The molecule has 1 aliphatic heterocycles. The van der Waals surface area contributed by atoms with Crippen LogP contribution in [0.15, 0.2) is 59.0 Å². The fraction of sp³-hybridized carbons (Fsp3) is 0.231. The summed E-state index contributed by atoms with van der Waals surface area (Å²) in [5, 5.41) is 10.0. The number of oxazole rings is 1. The molecule has 0 spiro atoms. The van der Waals surface area contributed by atoms with Crippen LogP contribution in [0.2, 0.25) is 0 Å². The largest absolute Gasteiger partial charge is 0.493 e. The van der Waals surface area contributed by atoms with Gasteiger partial charge in [-0.3, -0.25) is 0 Å². The zero-order chi connectivity index (χ0) is 23.8. The van der Waals surface area contributed by atoms with Gasteiger partial charge in [0.25, 0.3) is 6.01 Å². The number of anilines is 1. The third-order valence-electron chi connectivity index (χ3n) is 6.03. The second-order valence-electron chi connectivity index (χ2n) is 8.30. The fourth-order valence-corrected chi connectivity index (χ4v) is 4.21. The van der Waals surface area contributed by atoms with Crippen LogP contribution in [-0.4, -0.2) is 29.2 Å². The third-order valence-corrected chi connectivity index (χ3v) is 6.03. The summed E-state index contributed by atoms with van der Waals surface area (Å²) in [7, 11) is 1.56. The van der Waals surface area contributed by atoms with Crippen LogP contribution in [0.1, 0.15) is 22.3 Å². The smallest absolute Gasteiger partial charge is 0.326 e. The van der Waals surface area contributed by atoms with Crippen molar-refractivity contribution in [3.8, 4) is 11.5 Å². The maximum Gasteiger partial charge on any atom is 0.326 e. The average molecular weight is 462 g/mol. The molecule has 0 radical (unpaired) electrons. The number of aromatic nitrogens is 1. The van der Waals surface area contributed by atoms with Crippen LogP contribution >= 0.6 is 0 Å². The summed E-state index contributed by atoms with van der Waals surface area (Å²) < 4.78 is 31.0. The predicted molar refractivity (Wildman–Crippen MR) is 124 cm³/mol. The molecule has 1 atom stereocenters. The first-order valence-corrected chi connectivity index (χ1v) is 10.9. The van der Waals surface area contributed by atoms with E-state index in [9.17, 15) is 14.3 Å². The molecule has 0 unspecified atom stereocenters. The second kappa shape index (κ2) is 8.70. The van der Waals surface area contributed by atoms with Gasteiger partial charge in [-0.15, -0.1) is 0 Å². The number of carboxylic acid groups (broad SMARTS) is 1. The normalized spacial score (nSPS) is 15.3. The van der Waals surface area contributed by atoms with Gasteiger partial charge in [-0.05, 0) is 36.2 Å².